The molecule has 2 unspecified atom stereocenters. The molecule has 1 saturated heterocycles. The van der Waals surface area contributed by atoms with E-state index in [4.69, 9.17) is 14.2 Å². The molecule has 106 valence electrons. The Morgan fingerprint density at radius 2 is 2.32 bits per heavy atom. The molecular formula is C14H22N2O3. The first-order valence-corrected chi connectivity index (χ1v) is 6.67. The first kappa shape index (κ1) is 14.1. The summed E-state index contributed by atoms with van der Waals surface area (Å²) in [6, 6.07) is 2.10. The number of hydrogen-bond acceptors (Lipinski definition) is 5. The molecule has 1 aliphatic rings. The predicted molar refractivity (Wildman–Crippen MR) is 72.6 cm³/mol. The Kier molecular flexibility index (Phi) is 4.99. The van der Waals surface area contributed by atoms with Gasteiger partial charge in [0.05, 0.1) is 26.0 Å². The SMILES string of the molecule is COc1ccnc(CNC(C)C2CCCO2)c1OC. The third kappa shape index (κ3) is 3.36. The van der Waals surface area contributed by atoms with Gasteiger partial charge in [-0.1, -0.05) is 0 Å². The van der Waals surface area contributed by atoms with E-state index in [0.29, 0.717) is 30.2 Å². The van der Waals surface area contributed by atoms with Crippen LogP contribution in [0.15, 0.2) is 12.3 Å². The highest BCUT2D eigenvalue weighted by Gasteiger charge is 2.22. The van der Waals surface area contributed by atoms with Crippen LogP contribution in [-0.2, 0) is 11.3 Å². The van der Waals surface area contributed by atoms with Gasteiger partial charge >= 0.3 is 0 Å². The van der Waals surface area contributed by atoms with Crippen LogP contribution in [0, 0.1) is 0 Å². The van der Waals surface area contributed by atoms with Crippen molar-refractivity contribution in [1.29, 1.82) is 0 Å². The van der Waals surface area contributed by atoms with Gasteiger partial charge in [-0.05, 0) is 19.8 Å². The van der Waals surface area contributed by atoms with Crippen LogP contribution in [0.25, 0.3) is 0 Å². The summed E-state index contributed by atoms with van der Waals surface area (Å²) in [6.07, 6.45) is 4.31. The molecule has 2 atom stereocenters. The molecular weight excluding hydrogens is 244 g/mol. The van der Waals surface area contributed by atoms with Gasteiger partial charge in [0.25, 0.3) is 0 Å². The second-order valence-corrected chi connectivity index (χ2v) is 4.71. The van der Waals surface area contributed by atoms with Gasteiger partial charge in [-0.2, -0.15) is 0 Å². The Labute approximate surface area is 114 Å². The number of nitrogens with one attached hydrogen (secondary N) is 1. The number of rotatable bonds is 6. The topological polar surface area (TPSA) is 52.6 Å². The summed E-state index contributed by atoms with van der Waals surface area (Å²) in [5, 5.41) is 3.44. The van der Waals surface area contributed by atoms with Crippen molar-refractivity contribution in [2.75, 3.05) is 20.8 Å². The molecule has 1 N–H and O–H groups in total. The van der Waals surface area contributed by atoms with Crippen LogP contribution < -0.4 is 14.8 Å². The fourth-order valence-corrected chi connectivity index (χ4v) is 2.36. The zero-order valence-electron chi connectivity index (χ0n) is 11.8. The van der Waals surface area contributed by atoms with E-state index in [2.05, 4.69) is 17.2 Å². The van der Waals surface area contributed by atoms with Crippen LogP contribution in [-0.4, -0.2) is 38.0 Å². The van der Waals surface area contributed by atoms with E-state index >= 15 is 0 Å². The standard InChI is InChI=1S/C14H22N2O3/c1-10(12-5-4-8-19-12)16-9-11-14(18-3)13(17-2)6-7-15-11/h6-7,10,12,16H,4-5,8-9H2,1-3H3. The quantitative estimate of drug-likeness (QED) is 0.850. The average Bonchev–Trinajstić information content (AvgIpc) is 2.98. The summed E-state index contributed by atoms with van der Waals surface area (Å²) in [4.78, 5) is 4.35. The Bertz CT molecular complexity index is 406. The fourth-order valence-electron chi connectivity index (χ4n) is 2.36. The zero-order chi connectivity index (χ0) is 13.7. The van der Waals surface area contributed by atoms with Gasteiger partial charge in [-0.3, -0.25) is 4.98 Å². The van der Waals surface area contributed by atoms with Crippen molar-refractivity contribution in [2.24, 2.45) is 0 Å². The summed E-state index contributed by atoms with van der Waals surface area (Å²) in [5.74, 6) is 1.40. The molecule has 2 rings (SSSR count). The van der Waals surface area contributed by atoms with Crippen molar-refractivity contribution in [3.8, 4) is 11.5 Å². The molecule has 0 spiro atoms. The van der Waals surface area contributed by atoms with E-state index in [-0.39, 0.29) is 0 Å². The number of aromatic nitrogens is 1. The zero-order valence-corrected chi connectivity index (χ0v) is 11.8. The van der Waals surface area contributed by atoms with Crippen molar-refractivity contribution in [2.45, 2.75) is 38.5 Å². The molecule has 1 aromatic rings. The van der Waals surface area contributed by atoms with Crippen molar-refractivity contribution < 1.29 is 14.2 Å². The minimum Gasteiger partial charge on any atom is -0.493 e. The molecule has 0 amide bonds. The maximum absolute atomic E-state index is 5.67. The van der Waals surface area contributed by atoms with Gasteiger partial charge in [-0.15, -0.1) is 0 Å². The van der Waals surface area contributed by atoms with E-state index in [0.717, 1.165) is 25.1 Å². The monoisotopic (exact) mass is 266 g/mol. The van der Waals surface area contributed by atoms with Gasteiger partial charge in [0.2, 0.25) is 0 Å². The summed E-state index contributed by atoms with van der Waals surface area (Å²) in [7, 11) is 3.26. The predicted octanol–water partition coefficient (Wildman–Crippen LogP) is 1.76. The molecule has 0 aromatic carbocycles. The van der Waals surface area contributed by atoms with Crippen LogP contribution in [0.5, 0.6) is 11.5 Å². The Morgan fingerprint density at radius 1 is 1.47 bits per heavy atom. The summed E-state index contributed by atoms with van der Waals surface area (Å²) < 4.78 is 16.3. The molecule has 19 heavy (non-hydrogen) atoms. The number of methoxy groups -OCH3 is 2. The highest BCUT2D eigenvalue weighted by molar-refractivity contribution is 5.42. The number of ether oxygens (including phenoxy) is 3. The molecule has 0 aliphatic carbocycles. The minimum absolute atomic E-state index is 0.302. The number of nitrogens with zero attached hydrogens (tertiary/aromatic N) is 1. The third-order valence-corrected chi connectivity index (χ3v) is 3.48. The van der Waals surface area contributed by atoms with Crippen molar-refractivity contribution >= 4 is 0 Å². The highest BCUT2D eigenvalue weighted by atomic mass is 16.5. The molecule has 0 saturated carbocycles. The van der Waals surface area contributed by atoms with Crippen molar-refractivity contribution in [3.05, 3.63) is 18.0 Å². The first-order chi connectivity index (χ1) is 9.26. The molecule has 1 fully saturated rings. The lowest BCUT2D eigenvalue weighted by Crippen LogP contribution is -2.36. The Morgan fingerprint density at radius 3 is 2.95 bits per heavy atom. The minimum atomic E-state index is 0.302. The summed E-state index contributed by atoms with van der Waals surface area (Å²) >= 11 is 0. The lowest BCUT2D eigenvalue weighted by atomic mass is 10.1. The second kappa shape index (κ2) is 6.73. The van der Waals surface area contributed by atoms with Gasteiger partial charge < -0.3 is 19.5 Å². The van der Waals surface area contributed by atoms with Crippen LogP contribution in [0.3, 0.4) is 0 Å². The average molecular weight is 266 g/mol. The lowest BCUT2D eigenvalue weighted by Gasteiger charge is -2.20. The number of pyridine rings is 1. The molecule has 5 heteroatoms. The molecule has 1 aromatic heterocycles. The fraction of sp³-hybridized carbons (Fsp3) is 0.643. The van der Waals surface area contributed by atoms with Gasteiger partial charge in [0.1, 0.15) is 0 Å². The summed E-state index contributed by atoms with van der Waals surface area (Å²) in [6.45, 7) is 3.65. The van der Waals surface area contributed by atoms with Crippen LogP contribution in [0.4, 0.5) is 0 Å². The molecule has 0 bridgehead atoms. The lowest BCUT2D eigenvalue weighted by molar-refractivity contribution is 0.0830. The second-order valence-electron chi connectivity index (χ2n) is 4.71. The summed E-state index contributed by atoms with van der Waals surface area (Å²) in [5.41, 5.74) is 0.853. The maximum atomic E-state index is 5.67. The molecule has 0 radical (unpaired) electrons. The van der Waals surface area contributed by atoms with Crippen LogP contribution >= 0.6 is 0 Å². The first-order valence-electron chi connectivity index (χ1n) is 6.67. The van der Waals surface area contributed by atoms with E-state index in [1.807, 2.05) is 0 Å². The van der Waals surface area contributed by atoms with Crippen LogP contribution in [0.1, 0.15) is 25.5 Å². The van der Waals surface area contributed by atoms with Crippen LogP contribution in [0.2, 0.25) is 0 Å². The third-order valence-electron chi connectivity index (χ3n) is 3.48. The van der Waals surface area contributed by atoms with Gasteiger partial charge in [0.15, 0.2) is 11.5 Å². The van der Waals surface area contributed by atoms with Crippen molar-refractivity contribution in [3.63, 3.8) is 0 Å². The smallest absolute Gasteiger partial charge is 0.183 e. The Balaban J connectivity index is 1.98. The molecule has 2 heterocycles. The normalized spacial score (nSPS) is 20.3. The maximum Gasteiger partial charge on any atom is 0.183 e. The van der Waals surface area contributed by atoms with E-state index in [1.54, 1.807) is 26.5 Å². The van der Waals surface area contributed by atoms with E-state index in [9.17, 15) is 0 Å². The molecule has 1 aliphatic heterocycles. The largest absolute Gasteiger partial charge is 0.493 e. The highest BCUT2D eigenvalue weighted by Crippen LogP contribution is 2.29. The van der Waals surface area contributed by atoms with E-state index in [1.165, 1.54) is 0 Å². The Hall–Kier alpha value is -1.33. The van der Waals surface area contributed by atoms with Crippen molar-refractivity contribution in [1.82, 2.24) is 10.3 Å². The van der Waals surface area contributed by atoms with Gasteiger partial charge in [-0.25, -0.2) is 0 Å². The number of hydrogen-bond donors (Lipinski definition) is 1. The molecule has 5 nitrogen and oxygen atoms in total. The van der Waals surface area contributed by atoms with E-state index < -0.39 is 0 Å². The van der Waals surface area contributed by atoms with Gasteiger partial charge in [0, 0.05) is 31.5 Å².